The van der Waals surface area contributed by atoms with Gasteiger partial charge in [-0.2, -0.15) is 0 Å². The summed E-state index contributed by atoms with van der Waals surface area (Å²) < 4.78 is 54.7. The molecule has 2 aliphatic rings. The Morgan fingerprint density at radius 2 is 2.14 bits per heavy atom. The van der Waals surface area contributed by atoms with Crippen molar-refractivity contribution in [2.75, 3.05) is 31.2 Å². The molecule has 0 bridgehead atoms. The summed E-state index contributed by atoms with van der Waals surface area (Å²) in [6.07, 6.45) is -1.15. The van der Waals surface area contributed by atoms with Crippen molar-refractivity contribution in [2.45, 2.75) is 58.6 Å². The molecule has 11 heteroatoms. The number of ether oxygens (including phenoxy) is 3. The average molecular weight is 501 g/mol. The van der Waals surface area contributed by atoms with E-state index in [1.165, 1.54) is 28.8 Å². The van der Waals surface area contributed by atoms with Crippen LogP contribution >= 0.6 is 0 Å². The molecular weight excluding hydrogens is 465 g/mol. The van der Waals surface area contributed by atoms with Crippen LogP contribution in [0.1, 0.15) is 39.2 Å². The molecule has 0 aromatic heterocycles. The molecule has 0 spiro atoms. The number of hydrogen-bond donors (Lipinski definition) is 4. The first-order valence-electron chi connectivity index (χ1n) is 11.8. The number of aliphatic hydroxyl groups excluding tert-OH is 1. The van der Waals surface area contributed by atoms with Crippen LogP contribution in [-0.4, -0.2) is 56.4 Å². The Morgan fingerprint density at radius 3 is 2.77 bits per heavy atom. The molecule has 4 atom stereocenters. The number of benzene rings is 1. The summed E-state index contributed by atoms with van der Waals surface area (Å²) in [6, 6.07) is 4.11. The predicted molar refractivity (Wildman–Crippen MR) is 127 cm³/mol. The summed E-state index contributed by atoms with van der Waals surface area (Å²) >= 11 is 0. The van der Waals surface area contributed by atoms with Crippen molar-refractivity contribution >= 4 is 11.4 Å². The highest BCUT2D eigenvalue weighted by Crippen LogP contribution is 2.33. The average Bonchev–Trinajstić information content (AvgIpc) is 3.22. The number of nitrogens with two attached hydrogens (primary N) is 1. The van der Waals surface area contributed by atoms with Gasteiger partial charge >= 0.3 is 6.36 Å². The summed E-state index contributed by atoms with van der Waals surface area (Å²) in [4.78, 5) is 1.53. The summed E-state index contributed by atoms with van der Waals surface area (Å²) in [5, 5.41) is 16.4. The van der Waals surface area contributed by atoms with Gasteiger partial charge in [-0.25, -0.2) is 0 Å². The third-order valence-electron chi connectivity index (χ3n) is 6.06. The molecule has 1 fully saturated rings. The van der Waals surface area contributed by atoms with Crippen LogP contribution in [0.5, 0.6) is 5.75 Å². The van der Waals surface area contributed by atoms with Crippen LogP contribution < -0.4 is 26.0 Å². The molecule has 35 heavy (non-hydrogen) atoms. The van der Waals surface area contributed by atoms with Crippen molar-refractivity contribution < 1.29 is 32.5 Å². The van der Waals surface area contributed by atoms with Crippen LogP contribution in [0, 0.1) is 5.92 Å². The molecule has 3 rings (SSSR count). The van der Waals surface area contributed by atoms with Crippen molar-refractivity contribution in [3.8, 4) is 5.75 Å². The number of nitrogens with one attached hydrogen (secondary N) is 2. The van der Waals surface area contributed by atoms with Gasteiger partial charge in [0, 0.05) is 55.9 Å². The number of hydrogen-bond acceptors (Lipinski definition) is 8. The second-order valence-corrected chi connectivity index (χ2v) is 8.74. The Labute approximate surface area is 203 Å². The van der Waals surface area contributed by atoms with Crippen molar-refractivity contribution in [1.29, 1.82) is 0 Å². The summed E-state index contributed by atoms with van der Waals surface area (Å²) in [5.41, 5.74) is 7.65. The van der Waals surface area contributed by atoms with E-state index < -0.39 is 24.7 Å². The maximum absolute atomic E-state index is 13.0. The zero-order valence-corrected chi connectivity index (χ0v) is 20.3. The first kappa shape index (κ1) is 27.1. The molecule has 5 N–H and O–H groups in total. The number of alkyl halides is 3. The lowest BCUT2D eigenvalue weighted by Gasteiger charge is -2.32. The largest absolute Gasteiger partial charge is 0.573 e. The van der Waals surface area contributed by atoms with Gasteiger partial charge in [-0.05, 0) is 51.7 Å². The number of allylic oxidation sites excluding steroid dienone is 1. The maximum Gasteiger partial charge on any atom is 0.573 e. The Balaban J connectivity index is 1.76. The zero-order chi connectivity index (χ0) is 25.6. The van der Waals surface area contributed by atoms with Gasteiger partial charge in [-0.1, -0.05) is 11.6 Å². The van der Waals surface area contributed by atoms with E-state index in [1.54, 1.807) is 6.07 Å². The second-order valence-electron chi connectivity index (χ2n) is 8.74. The van der Waals surface area contributed by atoms with Crippen molar-refractivity contribution in [2.24, 2.45) is 11.7 Å². The Bertz CT molecular complexity index is 909. The van der Waals surface area contributed by atoms with Crippen molar-refractivity contribution in [3.63, 3.8) is 0 Å². The minimum Gasteiger partial charge on any atom is -0.473 e. The van der Waals surface area contributed by atoms with Crippen molar-refractivity contribution in [1.82, 2.24) is 10.6 Å². The third-order valence-corrected chi connectivity index (χ3v) is 6.06. The molecule has 0 amide bonds. The van der Waals surface area contributed by atoms with Gasteiger partial charge in [0.25, 0.3) is 0 Å². The highest BCUT2D eigenvalue weighted by Gasteiger charge is 2.32. The molecular formula is C24H35F3N4O4. The second kappa shape index (κ2) is 12.0. The Kier molecular flexibility index (Phi) is 9.28. The van der Waals surface area contributed by atoms with Gasteiger partial charge in [-0.15, -0.1) is 13.2 Å². The molecule has 8 nitrogen and oxygen atoms in total. The number of aliphatic hydroxyl groups is 1. The van der Waals surface area contributed by atoms with E-state index in [2.05, 4.69) is 28.4 Å². The fourth-order valence-electron chi connectivity index (χ4n) is 4.34. The van der Waals surface area contributed by atoms with Crippen LogP contribution in [0.15, 0.2) is 36.0 Å². The fourth-order valence-corrected chi connectivity index (χ4v) is 4.34. The van der Waals surface area contributed by atoms with Gasteiger partial charge in [0.2, 0.25) is 0 Å². The molecule has 0 saturated carbocycles. The lowest BCUT2D eigenvalue weighted by molar-refractivity contribution is -0.274. The summed E-state index contributed by atoms with van der Waals surface area (Å²) in [7, 11) is 0. The van der Waals surface area contributed by atoms with Gasteiger partial charge in [-0.3, -0.25) is 10.6 Å². The van der Waals surface area contributed by atoms with Gasteiger partial charge < -0.3 is 30.0 Å². The lowest BCUT2D eigenvalue weighted by Crippen LogP contribution is -2.41. The molecule has 4 unspecified atom stereocenters. The van der Waals surface area contributed by atoms with E-state index in [-0.39, 0.29) is 11.8 Å². The fraction of sp³-hybridized carbons (Fsp3) is 0.583. The van der Waals surface area contributed by atoms with E-state index in [9.17, 15) is 18.3 Å². The minimum atomic E-state index is -4.87. The van der Waals surface area contributed by atoms with Crippen molar-refractivity contribution in [3.05, 3.63) is 41.6 Å². The van der Waals surface area contributed by atoms with E-state index in [4.69, 9.17) is 15.2 Å². The minimum absolute atomic E-state index is 0.0736. The molecule has 1 aromatic rings. The molecule has 1 aromatic carbocycles. The quantitative estimate of drug-likeness (QED) is 0.221. The van der Waals surface area contributed by atoms with Crippen LogP contribution in [0.3, 0.4) is 0 Å². The smallest absolute Gasteiger partial charge is 0.473 e. The highest BCUT2D eigenvalue weighted by atomic mass is 19.4. The Morgan fingerprint density at radius 1 is 1.37 bits per heavy atom. The molecule has 196 valence electrons. The monoisotopic (exact) mass is 500 g/mol. The summed E-state index contributed by atoms with van der Waals surface area (Å²) in [6.45, 7) is 8.09. The van der Waals surface area contributed by atoms with Gasteiger partial charge in [0.15, 0.2) is 6.35 Å². The van der Waals surface area contributed by atoms with Crippen LogP contribution in [0.2, 0.25) is 0 Å². The molecule has 1 saturated heterocycles. The number of nitrogens with zero attached hydrogens (tertiary/aromatic N) is 1. The first-order chi connectivity index (χ1) is 16.6. The molecule has 0 radical (unpaired) electrons. The number of rotatable bonds is 10. The molecule has 1 heterocycles. The van der Waals surface area contributed by atoms with Gasteiger partial charge in [0.05, 0.1) is 0 Å². The van der Waals surface area contributed by atoms with Crippen LogP contribution in [0.4, 0.5) is 18.9 Å². The number of halogens is 3. The maximum atomic E-state index is 13.0. The predicted octanol–water partition coefficient (Wildman–Crippen LogP) is 3.24. The van der Waals surface area contributed by atoms with E-state index >= 15 is 0 Å². The topological polar surface area (TPSA) is 101 Å². The molecule has 1 aliphatic carbocycles. The highest BCUT2D eigenvalue weighted by molar-refractivity contribution is 5.67. The van der Waals surface area contributed by atoms with E-state index in [0.717, 1.165) is 12.8 Å². The molecule has 1 aliphatic heterocycles. The van der Waals surface area contributed by atoms with Crippen LogP contribution in [-0.2, 0) is 9.47 Å². The van der Waals surface area contributed by atoms with Gasteiger partial charge in [0.1, 0.15) is 17.7 Å². The SMILES string of the molecule is CCOCC1CC=C(C)C(NC(C)O/C(=C\N)c2cc(OC(F)(F)F)cc(N3CCNC3O)c2)C1. The first-order valence-corrected chi connectivity index (χ1v) is 11.8. The normalized spacial score (nSPS) is 24.3. The Hall–Kier alpha value is -2.47. The zero-order valence-electron chi connectivity index (χ0n) is 20.3. The van der Waals surface area contributed by atoms with E-state index in [0.29, 0.717) is 43.5 Å². The summed E-state index contributed by atoms with van der Waals surface area (Å²) in [5.74, 6) is 0.147. The number of anilines is 1. The van der Waals surface area contributed by atoms with Crippen LogP contribution in [0.25, 0.3) is 5.76 Å². The lowest BCUT2D eigenvalue weighted by atomic mass is 9.87. The standard InChI is InChI=1S/C24H35F3N4O4/c1-4-33-14-17-6-5-15(2)21(9-17)30-16(3)34-22(13-28)18-10-19(31-8-7-29-23(31)32)12-20(11-18)35-24(25,26)27/h5,10-13,16-17,21,23,29-30,32H,4,6-9,14,28H2,1-3H3/b22-13-. The third kappa shape index (κ3) is 7.76. The van der Waals surface area contributed by atoms with E-state index in [1.807, 2.05) is 13.8 Å².